The monoisotopic (exact) mass is 278 g/mol. The van der Waals surface area contributed by atoms with Crippen LogP contribution in [0.15, 0.2) is 35.9 Å². The molecule has 1 atom stereocenters. The zero-order chi connectivity index (χ0) is 15.0. The number of hydrogen-bond acceptors (Lipinski definition) is 5. The predicted octanol–water partition coefficient (Wildman–Crippen LogP) is 1.82. The van der Waals surface area contributed by atoms with Crippen LogP contribution in [0, 0.1) is 0 Å². The van der Waals surface area contributed by atoms with Crippen molar-refractivity contribution in [2.45, 2.75) is 13.0 Å². The Labute approximate surface area is 118 Å². The Morgan fingerprint density at radius 3 is 2.35 bits per heavy atom. The van der Waals surface area contributed by atoms with E-state index in [2.05, 4.69) is 0 Å². The van der Waals surface area contributed by atoms with Crippen molar-refractivity contribution in [3.05, 3.63) is 41.5 Å². The van der Waals surface area contributed by atoms with Crippen molar-refractivity contribution in [2.24, 2.45) is 0 Å². The van der Waals surface area contributed by atoms with Gasteiger partial charge in [-0.05, 0) is 18.6 Å². The topological polar surface area (TPSA) is 61.8 Å². The first kappa shape index (κ1) is 15.9. The van der Waals surface area contributed by atoms with Crippen molar-refractivity contribution >= 4 is 18.0 Å². The minimum absolute atomic E-state index is 0.0969. The second-order valence-corrected chi connectivity index (χ2v) is 3.87. The van der Waals surface area contributed by atoms with Crippen LogP contribution in [0.5, 0.6) is 0 Å². The maximum Gasteiger partial charge on any atom is 0.340 e. The number of ether oxygens (including phenoxy) is 3. The molecule has 0 bridgehead atoms. The van der Waals surface area contributed by atoms with Crippen molar-refractivity contribution in [3.63, 3.8) is 0 Å². The molecule has 0 aliphatic carbocycles. The van der Waals surface area contributed by atoms with Crippen LogP contribution in [-0.2, 0) is 23.8 Å². The molecule has 0 saturated carbocycles. The van der Waals surface area contributed by atoms with Gasteiger partial charge in [-0.2, -0.15) is 0 Å². The van der Waals surface area contributed by atoms with E-state index in [0.717, 1.165) is 5.56 Å². The zero-order valence-corrected chi connectivity index (χ0v) is 11.8. The third-order valence-electron chi connectivity index (χ3n) is 2.56. The normalized spacial score (nSPS) is 12.7. The van der Waals surface area contributed by atoms with Crippen LogP contribution in [0.1, 0.15) is 12.5 Å². The minimum atomic E-state index is -1.11. The van der Waals surface area contributed by atoms with E-state index >= 15 is 0 Å². The van der Waals surface area contributed by atoms with Crippen LogP contribution < -0.4 is 0 Å². The predicted molar refractivity (Wildman–Crippen MR) is 73.9 cm³/mol. The fourth-order valence-electron chi connectivity index (χ4n) is 1.66. The summed E-state index contributed by atoms with van der Waals surface area (Å²) >= 11 is 0. The van der Waals surface area contributed by atoms with Crippen LogP contribution in [-0.4, -0.2) is 38.9 Å². The molecular weight excluding hydrogens is 260 g/mol. The summed E-state index contributed by atoms with van der Waals surface area (Å²) < 4.78 is 14.7. The molecule has 0 fully saturated rings. The summed E-state index contributed by atoms with van der Waals surface area (Å²) in [5.41, 5.74) is 0.860. The standard InChI is InChI=1S/C15H18O5/c1-4-20-15(17)13(18-2)12(14(16)19-3)10-11-8-6-5-7-9-11/h5-10,13H,4H2,1-3H3/b12-10+. The second kappa shape index (κ2) is 8.12. The smallest absolute Gasteiger partial charge is 0.340 e. The molecule has 0 spiro atoms. The first-order valence-electron chi connectivity index (χ1n) is 6.18. The summed E-state index contributed by atoms with van der Waals surface area (Å²) in [4.78, 5) is 23.7. The van der Waals surface area contributed by atoms with Crippen LogP contribution >= 0.6 is 0 Å². The van der Waals surface area contributed by atoms with Crippen LogP contribution in [0.4, 0.5) is 0 Å². The molecule has 20 heavy (non-hydrogen) atoms. The van der Waals surface area contributed by atoms with Gasteiger partial charge in [-0.15, -0.1) is 0 Å². The van der Waals surface area contributed by atoms with Gasteiger partial charge in [0.2, 0.25) is 0 Å². The molecule has 0 saturated heterocycles. The van der Waals surface area contributed by atoms with E-state index in [4.69, 9.17) is 14.2 Å². The summed E-state index contributed by atoms with van der Waals surface area (Å²) in [5, 5.41) is 0. The Balaban J connectivity index is 3.14. The number of carbonyl (C=O) groups excluding carboxylic acids is 2. The molecule has 0 aromatic heterocycles. The number of carbonyl (C=O) groups is 2. The number of methoxy groups -OCH3 is 2. The molecule has 0 aliphatic rings. The highest BCUT2D eigenvalue weighted by Gasteiger charge is 2.29. The van der Waals surface area contributed by atoms with Gasteiger partial charge in [0.05, 0.1) is 19.3 Å². The van der Waals surface area contributed by atoms with Gasteiger partial charge in [-0.1, -0.05) is 30.3 Å². The number of benzene rings is 1. The van der Waals surface area contributed by atoms with E-state index in [-0.39, 0.29) is 12.2 Å². The van der Waals surface area contributed by atoms with Crippen molar-refractivity contribution < 1.29 is 23.8 Å². The summed E-state index contributed by atoms with van der Waals surface area (Å²) in [6.45, 7) is 1.89. The lowest BCUT2D eigenvalue weighted by Crippen LogP contribution is -2.31. The van der Waals surface area contributed by atoms with Gasteiger partial charge < -0.3 is 14.2 Å². The van der Waals surface area contributed by atoms with Gasteiger partial charge in [0.1, 0.15) is 0 Å². The molecule has 0 amide bonds. The molecule has 0 aliphatic heterocycles. The molecule has 1 rings (SSSR count). The number of hydrogen-bond donors (Lipinski definition) is 0. The van der Waals surface area contributed by atoms with E-state index in [1.165, 1.54) is 14.2 Å². The third kappa shape index (κ3) is 4.20. The third-order valence-corrected chi connectivity index (χ3v) is 2.56. The van der Waals surface area contributed by atoms with Crippen LogP contribution in [0.3, 0.4) is 0 Å². The molecule has 1 unspecified atom stereocenters. The lowest BCUT2D eigenvalue weighted by Gasteiger charge is -2.16. The minimum Gasteiger partial charge on any atom is -0.466 e. The molecule has 0 N–H and O–H groups in total. The fraction of sp³-hybridized carbons (Fsp3) is 0.333. The lowest BCUT2D eigenvalue weighted by atomic mass is 10.1. The Morgan fingerprint density at radius 2 is 1.85 bits per heavy atom. The lowest BCUT2D eigenvalue weighted by molar-refractivity contribution is -0.155. The Hall–Kier alpha value is -2.14. The second-order valence-electron chi connectivity index (χ2n) is 3.87. The van der Waals surface area contributed by atoms with E-state index < -0.39 is 18.0 Å². The highest BCUT2D eigenvalue weighted by molar-refractivity contribution is 6.01. The first-order valence-corrected chi connectivity index (χ1v) is 6.18. The maximum atomic E-state index is 11.8. The summed E-state index contributed by atoms with van der Waals surface area (Å²) in [6, 6.07) is 9.12. The van der Waals surface area contributed by atoms with Gasteiger partial charge >= 0.3 is 11.9 Å². The Bertz CT molecular complexity index is 478. The zero-order valence-electron chi connectivity index (χ0n) is 11.8. The van der Waals surface area contributed by atoms with Gasteiger partial charge in [-0.3, -0.25) is 0 Å². The quantitative estimate of drug-likeness (QED) is 0.586. The molecule has 1 aromatic rings. The number of esters is 2. The molecular formula is C15H18O5. The van der Waals surface area contributed by atoms with E-state index in [0.29, 0.717) is 0 Å². The summed E-state index contributed by atoms with van der Waals surface area (Å²) in [5.74, 6) is -1.25. The van der Waals surface area contributed by atoms with E-state index in [1.54, 1.807) is 25.1 Å². The highest BCUT2D eigenvalue weighted by atomic mass is 16.6. The van der Waals surface area contributed by atoms with Gasteiger partial charge in [0.25, 0.3) is 0 Å². The highest BCUT2D eigenvalue weighted by Crippen LogP contribution is 2.15. The molecule has 1 aromatic carbocycles. The Morgan fingerprint density at radius 1 is 1.20 bits per heavy atom. The first-order chi connectivity index (χ1) is 9.63. The maximum absolute atomic E-state index is 11.8. The summed E-state index contributed by atoms with van der Waals surface area (Å²) in [7, 11) is 2.59. The van der Waals surface area contributed by atoms with E-state index in [1.807, 2.05) is 18.2 Å². The van der Waals surface area contributed by atoms with Gasteiger partial charge in [0, 0.05) is 7.11 Å². The van der Waals surface area contributed by atoms with E-state index in [9.17, 15) is 9.59 Å². The molecule has 108 valence electrons. The fourth-order valence-corrected chi connectivity index (χ4v) is 1.66. The van der Waals surface area contributed by atoms with Crippen LogP contribution in [0.25, 0.3) is 6.08 Å². The van der Waals surface area contributed by atoms with Crippen molar-refractivity contribution in [3.8, 4) is 0 Å². The van der Waals surface area contributed by atoms with Crippen molar-refractivity contribution in [1.29, 1.82) is 0 Å². The average molecular weight is 278 g/mol. The molecule has 0 heterocycles. The SMILES string of the molecule is CCOC(=O)C(OC)/C(=C\c1ccccc1)C(=O)OC. The van der Waals surface area contributed by atoms with Crippen molar-refractivity contribution in [2.75, 3.05) is 20.8 Å². The average Bonchev–Trinajstić information content (AvgIpc) is 2.47. The summed E-state index contributed by atoms with van der Waals surface area (Å²) in [6.07, 6.45) is 0.444. The largest absolute Gasteiger partial charge is 0.466 e. The number of rotatable bonds is 6. The van der Waals surface area contributed by atoms with Crippen LogP contribution in [0.2, 0.25) is 0 Å². The molecule has 5 nitrogen and oxygen atoms in total. The van der Waals surface area contributed by atoms with Crippen molar-refractivity contribution in [1.82, 2.24) is 0 Å². The van der Waals surface area contributed by atoms with Gasteiger partial charge in [0.15, 0.2) is 6.10 Å². The van der Waals surface area contributed by atoms with Gasteiger partial charge in [-0.25, -0.2) is 9.59 Å². The molecule has 5 heteroatoms. The Kier molecular flexibility index (Phi) is 6.46. The molecule has 0 radical (unpaired) electrons.